The van der Waals surface area contributed by atoms with Crippen LogP contribution < -0.4 is 10.6 Å². The van der Waals surface area contributed by atoms with Gasteiger partial charge in [0.1, 0.15) is 11.6 Å². The molecule has 0 spiro atoms. The van der Waals surface area contributed by atoms with Crippen LogP contribution in [-0.4, -0.2) is 41.0 Å². The van der Waals surface area contributed by atoms with Gasteiger partial charge in [-0.3, -0.25) is 0 Å². The molecule has 0 amide bonds. The predicted molar refractivity (Wildman–Crippen MR) is 72.7 cm³/mol. The van der Waals surface area contributed by atoms with Crippen molar-refractivity contribution in [1.82, 2.24) is 9.97 Å². The smallest absolute Gasteiger partial charge is 0.191 e. The molecule has 0 aliphatic heterocycles. The zero-order chi connectivity index (χ0) is 12.8. The van der Waals surface area contributed by atoms with E-state index in [1.165, 1.54) is 11.8 Å². The Morgan fingerprint density at radius 3 is 2.53 bits per heavy atom. The minimum atomic E-state index is 0.160. The fraction of sp³-hybridized carbons (Fsp3) is 0.636. The maximum Gasteiger partial charge on any atom is 0.191 e. The number of nitrogens with one attached hydrogen (secondary N) is 2. The van der Waals surface area contributed by atoms with Crippen LogP contribution in [0.25, 0.3) is 0 Å². The van der Waals surface area contributed by atoms with E-state index in [0.29, 0.717) is 0 Å². The summed E-state index contributed by atoms with van der Waals surface area (Å²) in [5.41, 5.74) is 0. The maximum absolute atomic E-state index is 9.10. The molecule has 2 unspecified atom stereocenters. The van der Waals surface area contributed by atoms with E-state index in [1.807, 2.05) is 33.2 Å². The van der Waals surface area contributed by atoms with Gasteiger partial charge in [-0.25, -0.2) is 9.97 Å². The standard InChI is InChI=1S/C11H20N4OS/c1-7(6-16)8(2)13-10-5-9(12-3)14-11(15-10)17-4/h5,7-8,16H,6H2,1-4H3,(H2,12,13,14,15). The monoisotopic (exact) mass is 256 g/mol. The second-order valence-electron chi connectivity index (χ2n) is 3.97. The maximum atomic E-state index is 9.10. The van der Waals surface area contributed by atoms with Crippen molar-refractivity contribution in [1.29, 1.82) is 0 Å². The third-order valence-corrected chi connectivity index (χ3v) is 3.21. The molecule has 0 aromatic carbocycles. The molecular weight excluding hydrogens is 236 g/mol. The van der Waals surface area contributed by atoms with Gasteiger partial charge in [-0.05, 0) is 19.1 Å². The zero-order valence-corrected chi connectivity index (χ0v) is 11.5. The molecule has 6 heteroatoms. The summed E-state index contributed by atoms with van der Waals surface area (Å²) in [6.45, 7) is 4.18. The number of rotatable bonds is 6. The summed E-state index contributed by atoms with van der Waals surface area (Å²) in [5, 5.41) is 16.1. The summed E-state index contributed by atoms with van der Waals surface area (Å²) in [6, 6.07) is 2.02. The average Bonchev–Trinajstić information content (AvgIpc) is 2.36. The lowest BCUT2D eigenvalue weighted by molar-refractivity contribution is 0.226. The molecule has 17 heavy (non-hydrogen) atoms. The number of aliphatic hydroxyl groups is 1. The lowest BCUT2D eigenvalue weighted by Gasteiger charge is -2.20. The number of aromatic nitrogens is 2. The van der Waals surface area contributed by atoms with Crippen LogP contribution in [0.1, 0.15) is 13.8 Å². The Bertz CT molecular complexity index is 339. The molecule has 0 saturated heterocycles. The van der Waals surface area contributed by atoms with Gasteiger partial charge in [0.2, 0.25) is 0 Å². The Morgan fingerprint density at radius 1 is 1.35 bits per heavy atom. The first-order chi connectivity index (χ1) is 8.10. The van der Waals surface area contributed by atoms with Crippen LogP contribution in [0, 0.1) is 5.92 Å². The molecule has 5 nitrogen and oxygen atoms in total. The number of thioether (sulfide) groups is 1. The van der Waals surface area contributed by atoms with Gasteiger partial charge in [-0.1, -0.05) is 18.7 Å². The first kappa shape index (κ1) is 14.1. The topological polar surface area (TPSA) is 70.1 Å². The van der Waals surface area contributed by atoms with Gasteiger partial charge >= 0.3 is 0 Å². The van der Waals surface area contributed by atoms with Crippen molar-refractivity contribution < 1.29 is 5.11 Å². The van der Waals surface area contributed by atoms with Gasteiger partial charge in [-0.15, -0.1) is 0 Å². The number of anilines is 2. The summed E-state index contributed by atoms with van der Waals surface area (Å²) in [7, 11) is 1.83. The van der Waals surface area contributed by atoms with Crippen LogP contribution >= 0.6 is 11.8 Å². The van der Waals surface area contributed by atoms with Crippen LogP contribution in [0.15, 0.2) is 11.2 Å². The van der Waals surface area contributed by atoms with E-state index in [0.717, 1.165) is 16.8 Å². The molecule has 0 aliphatic carbocycles. The van der Waals surface area contributed by atoms with Crippen LogP contribution in [0.2, 0.25) is 0 Å². The van der Waals surface area contributed by atoms with E-state index in [2.05, 4.69) is 20.6 Å². The quantitative estimate of drug-likeness (QED) is 0.531. The van der Waals surface area contributed by atoms with Crippen molar-refractivity contribution in [3.63, 3.8) is 0 Å². The molecule has 1 aromatic heterocycles. The van der Waals surface area contributed by atoms with E-state index in [-0.39, 0.29) is 18.6 Å². The molecule has 0 saturated carbocycles. The number of hydrogen-bond acceptors (Lipinski definition) is 6. The van der Waals surface area contributed by atoms with Crippen molar-refractivity contribution in [3.8, 4) is 0 Å². The molecule has 0 radical (unpaired) electrons. The van der Waals surface area contributed by atoms with Gasteiger partial charge in [-0.2, -0.15) is 0 Å². The van der Waals surface area contributed by atoms with Gasteiger partial charge in [0.25, 0.3) is 0 Å². The van der Waals surface area contributed by atoms with E-state index >= 15 is 0 Å². The van der Waals surface area contributed by atoms with Gasteiger partial charge in [0, 0.05) is 25.8 Å². The largest absolute Gasteiger partial charge is 0.396 e. The predicted octanol–water partition coefficient (Wildman–Crippen LogP) is 1.67. The highest BCUT2D eigenvalue weighted by atomic mass is 32.2. The summed E-state index contributed by atoms with van der Waals surface area (Å²) in [5.74, 6) is 1.75. The fourth-order valence-electron chi connectivity index (χ4n) is 1.25. The lowest BCUT2D eigenvalue weighted by atomic mass is 10.1. The van der Waals surface area contributed by atoms with Crippen LogP contribution in [-0.2, 0) is 0 Å². The molecule has 0 bridgehead atoms. The number of hydrogen-bond donors (Lipinski definition) is 3. The van der Waals surface area contributed by atoms with Crippen molar-refractivity contribution >= 4 is 23.4 Å². The van der Waals surface area contributed by atoms with Gasteiger partial charge in [0.05, 0.1) is 0 Å². The molecule has 1 aromatic rings. The zero-order valence-electron chi connectivity index (χ0n) is 10.7. The minimum Gasteiger partial charge on any atom is -0.396 e. The first-order valence-electron chi connectivity index (χ1n) is 5.59. The summed E-state index contributed by atoms with van der Waals surface area (Å²) < 4.78 is 0. The highest BCUT2D eigenvalue weighted by Crippen LogP contribution is 2.18. The first-order valence-corrected chi connectivity index (χ1v) is 6.81. The third kappa shape index (κ3) is 4.05. The average molecular weight is 256 g/mol. The molecule has 1 heterocycles. The fourth-order valence-corrected chi connectivity index (χ4v) is 1.63. The Hall–Kier alpha value is -1.01. The highest BCUT2D eigenvalue weighted by Gasteiger charge is 2.12. The summed E-state index contributed by atoms with van der Waals surface area (Å²) in [6.07, 6.45) is 1.94. The molecule has 0 aliphatic rings. The van der Waals surface area contributed by atoms with Crippen LogP contribution in [0.3, 0.4) is 0 Å². The second-order valence-corrected chi connectivity index (χ2v) is 4.74. The minimum absolute atomic E-state index is 0.160. The van der Waals surface area contributed by atoms with E-state index in [1.54, 1.807) is 0 Å². The van der Waals surface area contributed by atoms with Crippen molar-refractivity contribution in [2.24, 2.45) is 5.92 Å². The highest BCUT2D eigenvalue weighted by molar-refractivity contribution is 7.98. The lowest BCUT2D eigenvalue weighted by Crippen LogP contribution is -2.26. The van der Waals surface area contributed by atoms with E-state index in [4.69, 9.17) is 5.11 Å². The number of nitrogens with zero attached hydrogens (tertiary/aromatic N) is 2. The molecule has 1 rings (SSSR count). The van der Waals surface area contributed by atoms with Crippen LogP contribution in [0.4, 0.5) is 11.6 Å². The van der Waals surface area contributed by atoms with Gasteiger partial charge in [0.15, 0.2) is 5.16 Å². The molecular formula is C11H20N4OS. The molecule has 3 N–H and O–H groups in total. The van der Waals surface area contributed by atoms with Crippen LogP contribution in [0.5, 0.6) is 0 Å². The van der Waals surface area contributed by atoms with Gasteiger partial charge < -0.3 is 15.7 Å². The van der Waals surface area contributed by atoms with E-state index < -0.39 is 0 Å². The molecule has 96 valence electrons. The third-order valence-electron chi connectivity index (χ3n) is 2.66. The molecule has 0 fully saturated rings. The Labute approximate surface area is 106 Å². The molecule has 2 atom stereocenters. The Morgan fingerprint density at radius 2 is 2.00 bits per heavy atom. The Balaban J connectivity index is 2.82. The summed E-state index contributed by atoms with van der Waals surface area (Å²) >= 11 is 1.50. The number of aliphatic hydroxyl groups excluding tert-OH is 1. The SMILES string of the molecule is CNc1cc(NC(C)C(C)CO)nc(SC)n1. The van der Waals surface area contributed by atoms with E-state index in [9.17, 15) is 0 Å². The Kier molecular flexibility index (Phi) is 5.50. The van der Waals surface area contributed by atoms with Crippen molar-refractivity contribution in [2.45, 2.75) is 25.0 Å². The second kappa shape index (κ2) is 6.66. The van der Waals surface area contributed by atoms with Crippen molar-refractivity contribution in [3.05, 3.63) is 6.07 Å². The normalized spacial score (nSPS) is 14.2. The summed E-state index contributed by atoms with van der Waals surface area (Å²) in [4.78, 5) is 8.67. The van der Waals surface area contributed by atoms with Crippen molar-refractivity contribution in [2.75, 3.05) is 30.5 Å².